The summed E-state index contributed by atoms with van der Waals surface area (Å²) in [6, 6.07) is 13.9. The monoisotopic (exact) mass is 430 g/mol. The number of amides is 1. The van der Waals surface area contributed by atoms with Gasteiger partial charge >= 0.3 is 5.97 Å². The molecule has 0 saturated heterocycles. The number of aliphatic imine (C=N–C) groups is 1. The van der Waals surface area contributed by atoms with Crippen molar-refractivity contribution in [3.8, 4) is 0 Å². The number of aryl methyl sites for hydroxylation is 1. The molecule has 3 N–H and O–H groups in total. The van der Waals surface area contributed by atoms with Crippen molar-refractivity contribution in [1.82, 2.24) is 0 Å². The van der Waals surface area contributed by atoms with E-state index in [1.807, 2.05) is 0 Å². The van der Waals surface area contributed by atoms with Crippen LogP contribution in [0.4, 0.5) is 0 Å². The minimum Gasteiger partial charge on any atom is -0.510 e. The lowest BCUT2D eigenvalue weighted by Gasteiger charge is -2.11. The Bertz CT molecular complexity index is 1090. The summed E-state index contributed by atoms with van der Waals surface area (Å²) < 4.78 is 30.1. The smallest absolute Gasteiger partial charge is 0.345 e. The zero-order chi connectivity index (χ0) is 22.3. The zero-order valence-corrected chi connectivity index (χ0v) is 17.3. The third kappa shape index (κ3) is 5.77. The number of aliphatic hydroxyl groups is 1. The Labute approximate surface area is 174 Å². The molecule has 0 heterocycles. The molecule has 0 atom stereocenters. The van der Waals surface area contributed by atoms with E-state index in [1.165, 1.54) is 31.2 Å². The summed E-state index contributed by atoms with van der Waals surface area (Å²) >= 11 is 0. The molecule has 0 aliphatic carbocycles. The maximum Gasteiger partial charge on any atom is 0.345 e. The Morgan fingerprint density at radius 2 is 1.67 bits per heavy atom. The van der Waals surface area contributed by atoms with Crippen molar-refractivity contribution in [3.63, 3.8) is 0 Å². The molecule has 158 valence electrons. The first kappa shape index (κ1) is 22.8. The van der Waals surface area contributed by atoms with Gasteiger partial charge in [-0.1, -0.05) is 35.9 Å². The van der Waals surface area contributed by atoms with Crippen LogP contribution < -0.4 is 5.73 Å². The number of esters is 1. The highest BCUT2D eigenvalue weighted by molar-refractivity contribution is 7.91. The molecule has 0 fully saturated rings. The second-order valence-electron chi connectivity index (χ2n) is 6.28. The van der Waals surface area contributed by atoms with Crippen molar-refractivity contribution in [2.45, 2.75) is 18.7 Å². The van der Waals surface area contributed by atoms with Gasteiger partial charge in [0.15, 0.2) is 9.84 Å². The molecule has 8 nitrogen and oxygen atoms in total. The summed E-state index contributed by atoms with van der Waals surface area (Å²) in [6.45, 7) is 3.27. The fraction of sp³-hybridized carbons (Fsp3) is 0.190. The highest BCUT2D eigenvalue weighted by Gasteiger charge is 2.26. The number of hydrogen-bond acceptors (Lipinski definition) is 6. The number of amidine groups is 1. The Hall–Kier alpha value is -3.46. The first-order valence-electron chi connectivity index (χ1n) is 8.98. The molecule has 0 aromatic heterocycles. The first-order valence-corrected chi connectivity index (χ1v) is 10.6. The number of nitrogens with zero attached hydrogens (tertiary/aromatic N) is 1. The quantitative estimate of drug-likeness (QED) is 0.226. The van der Waals surface area contributed by atoms with E-state index in [9.17, 15) is 23.1 Å². The van der Waals surface area contributed by atoms with Gasteiger partial charge in [-0.25, -0.2) is 13.2 Å². The summed E-state index contributed by atoms with van der Waals surface area (Å²) in [5.41, 5.74) is 6.17. The molecule has 0 spiro atoms. The lowest BCUT2D eigenvalue weighted by molar-refractivity contribution is -0.138. The van der Waals surface area contributed by atoms with E-state index in [0.29, 0.717) is 0 Å². The molecular formula is C21H22N2O6S. The normalized spacial score (nSPS) is 12.8. The molecule has 30 heavy (non-hydrogen) atoms. The average molecular weight is 430 g/mol. The summed E-state index contributed by atoms with van der Waals surface area (Å²) in [6.07, 6.45) is 0. The van der Waals surface area contributed by atoms with Gasteiger partial charge in [-0.3, -0.25) is 4.79 Å². The standard InChI is InChI=1S/C21H22N2O6S/c1-3-29-21(26)18(19(22)23-20(25)15-7-5-4-6-8-15)17(24)13-30(27,28)16-11-9-14(2)10-12-16/h4-12,24H,3,13H2,1-2H3,(H2,22,23,25)/b18-17-. The van der Waals surface area contributed by atoms with Gasteiger partial charge in [0, 0.05) is 5.56 Å². The maximum absolute atomic E-state index is 12.6. The number of carbonyl (C=O) groups is 2. The molecule has 1 amide bonds. The highest BCUT2D eigenvalue weighted by Crippen LogP contribution is 2.17. The zero-order valence-electron chi connectivity index (χ0n) is 16.5. The Morgan fingerprint density at radius 1 is 1.07 bits per heavy atom. The van der Waals surface area contributed by atoms with Crippen molar-refractivity contribution in [3.05, 3.63) is 77.1 Å². The molecule has 2 aromatic carbocycles. The van der Waals surface area contributed by atoms with Crippen molar-refractivity contribution < 1.29 is 27.9 Å². The minimum atomic E-state index is -4.00. The van der Waals surface area contributed by atoms with Gasteiger partial charge < -0.3 is 15.6 Å². The SMILES string of the molecule is CCOC(=O)/C(C(N)=NC(=O)c1ccccc1)=C(\O)CS(=O)(=O)c1ccc(C)cc1. The van der Waals surface area contributed by atoms with Crippen LogP contribution in [-0.2, 0) is 19.4 Å². The van der Waals surface area contributed by atoms with Crippen LogP contribution >= 0.6 is 0 Å². The second kappa shape index (κ2) is 9.84. The van der Waals surface area contributed by atoms with Gasteiger partial charge in [-0.05, 0) is 38.1 Å². The van der Waals surface area contributed by atoms with Crippen LogP contribution in [0.2, 0.25) is 0 Å². The molecular weight excluding hydrogens is 408 g/mol. The van der Waals surface area contributed by atoms with E-state index >= 15 is 0 Å². The van der Waals surface area contributed by atoms with Crippen LogP contribution in [-0.4, -0.2) is 43.6 Å². The van der Waals surface area contributed by atoms with E-state index in [-0.39, 0.29) is 17.1 Å². The molecule has 2 rings (SSSR count). The molecule has 0 aliphatic rings. The van der Waals surface area contributed by atoms with Crippen molar-refractivity contribution in [2.24, 2.45) is 10.7 Å². The maximum atomic E-state index is 12.6. The topological polar surface area (TPSA) is 136 Å². The van der Waals surface area contributed by atoms with Gasteiger partial charge in [0.25, 0.3) is 5.91 Å². The Balaban J connectivity index is 2.44. The van der Waals surface area contributed by atoms with Gasteiger partial charge in [-0.2, -0.15) is 4.99 Å². The highest BCUT2D eigenvalue weighted by atomic mass is 32.2. The van der Waals surface area contributed by atoms with Crippen LogP contribution in [0, 0.1) is 6.92 Å². The van der Waals surface area contributed by atoms with Crippen LogP contribution in [0.25, 0.3) is 0 Å². The van der Waals surface area contributed by atoms with Gasteiger partial charge in [0.05, 0.1) is 11.5 Å². The van der Waals surface area contributed by atoms with Gasteiger partial charge in [-0.15, -0.1) is 0 Å². The average Bonchev–Trinajstić information content (AvgIpc) is 2.68. The third-order valence-electron chi connectivity index (χ3n) is 3.97. The van der Waals surface area contributed by atoms with Crippen molar-refractivity contribution in [2.75, 3.05) is 12.4 Å². The number of sulfone groups is 1. The van der Waals surface area contributed by atoms with Crippen LogP contribution in [0.3, 0.4) is 0 Å². The molecule has 0 radical (unpaired) electrons. The first-order chi connectivity index (χ1) is 14.2. The van der Waals surface area contributed by atoms with Crippen LogP contribution in [0.1, 0.15) is 22.8 Å². The Kier molecular flexibility index (Phi) is 7.48. The second-order valence-corrected chi connectivity index (χ2v) is 8.27. The van der Waals surface area contributed by atoms with Crippen molar-refractivity contribution in [1.29, 1.82) is 0 Å². The predicted octanol–water partition coefficient (Wildman–Crippen LogP) is 2.34. The number of aliphatic hydroxyl groups excluding tert-OH is 1. The molecule has 0 aliphatic heterocycles. The van der Waals surface area contributed by atoms with E-state index in [4.69, 9.17) is 10.5 Å². The fourth-order valence-corrected chi connectivity index (χ4v) is 3.69. The lowest BCUT2D eigenvalue weighted by atomic mass is 10.2. The summed E-state index contributed by atoms with van der Waals surface area (Å²) in [5.74, 6) is -4.27. The summed E-state index contributed by atoms with van der Waals surface area (Å²) in [5, 5.41) is 10.4. The van der Waals surface area contributed by atoms with E-state index < -0.39 is 44.6 Å². The number of hydrogen-bond donors (Lipinski definition) is 2. The lowest BCUT2D eigenvalue weighted by Crippen LogP contribution is -2.28. The summed E-state index contributed by atoms with van der Waals surface area (Å²) in [4.78, 5) is 28.1. The van der Waals surface area contributed by atoms with E-state index in [1.54, 1.807) is 37.3 Å². The van der Waals surface area contributed by atoms with Crippen LogP contribution in [0.5, 0.6) is 0 Å². The number of ether oxygens (including phenoxy) is 1. The molecule has 0 saturated carbocycles. The molecule has 2 aromatic rings. The van der Waals surface area contributed by atoms with Gasteiger partial charge in [0.1, 0.15) is 22.9 Å². The van der Waals surface area contributed by atoms with Gasteiger partial charge in [0.2, 0.25) is 0 Å². The number of benzene rings is 2. The van der Waals surface area contributed by atoms with Crippen molar-refractivity contribution >= 4 is 27.5 Å². The Morgan fingerprint density at radius 3 is 2.23 bits per heavy atom. The number of rotatable bonds is 7. The fourth-order valence-electron chi connectivity index (χ4n) is 2.47. The third-order valence-corrected chi connectivity index (χ3v) is 5.62. The number of carbonyl (C=O) groups excluding carboxylic acids is 2. The molecule has 9 heteroatoms. The predicted molar refractivity (Wildman–Crippen MR) is 112 cm³/mol. The number of nitrogens with two attached hydrogens (primary N) is 1. The molecule has 0 unspecified atom stereocenters. The summed E-state index contributed by atoms with van der Waals surface area (Å²) in [7, 11) is -4.00. The van der Waals surface area contributed by atoms with E-state index in [0.717, 1.165) is 5.56 Å². The molecule has 0 bridgehead atoms. The largest absolute Gasteiger partial charge is 0.510 e. The van der Waals surface area contributed by atoms with Crippen LogP contribution in [0.15, 0.2) is 75.8 Å². The van der Waals surface area contributed by atoms with E-state index in [2.05, 4.69) is 4.99 Å². The minimum absolute atomic E-state index is 0.0428.